The number of benzene rings is 10. The van der Waals surface area contributed by atoms with Crippen LogP contribution in [-0.4, -0.2) is 4.57 Å². The van der Waals surface area contributed by atoms with Gasteiger partial charge in [-0.2, -0.15) is 0 Å². The standard InChI is InChI=1S/C60H40N2O/c1-3-13-41(14-4-1)42-25-33-47(34-26-42)61(48-35-27-43(28-36-48)44-29-37-50(38-30-44)62-56-22-9-7-17-53(56)54-18-8-10-23-57(54)62)49-39-31-46(32-40-49)51-19-12-24-58-59(51)55-21-11-20-52(60(55)63-58)45-15-5-2-6-16-45/h1-40H. The maximum Gasteiger partial charge on any atom is 0.143 e. The zero-order valence-electron chi connectivity index (χ0n) is 34.4. The van der Waals surface area contributed by atoms with Gasteiger partial charge in [0, 0.05) is 49.9 Å². The largest absolute Gasteiger partial charge is 0.455 e. The van der Waals surface area contributed by atoms with Gasteiger partial charge in [-0.25, -0.2) is 0 Å². The number of anilines is 3. The van der Waals surface area contributed by atoms with E-state index in [0.717, 1.165) is 72.5 Å². The summed E-state index contributed by atoms with van der Waals surface area (Å²) >= 11 is 0. The number of hydrogen-bond acceptors (Lipinski definition) is 2. The fraction of sp³-hybridized carbons (Fsp3) is 0. The van der Waals surface area contributed by atoms with Crippen LogP contribution in [0, 0.1) is 0 Å². The molecule has 0 saturated carbocycles. The van der Waals surface area contributed by atoms with E-state index >= 15 is 0 Å². The Morgan fingerprint density at radius 2 is 0.714 bits per heavy atom. The van der Waals surface area contributed by atoms with Crippen LogP contribution in [0.3, 0.4) is 0 Å². The van der Waals surface area contributed by atoms with Crippen molar-refractivity contribution in [1.82, 2.24) is 4.57 Å². The number of nitrogens with zero attached hydrogens (tertiary/aromatic N) is 2. The van der Waals surface area contributed by atoms with Crippen molar-refractivity contribution in [3.63, 3.8) is 0 Å². The molecule has 0 aliphatic carbocycles. The molecule has 0 saturated heterocycles. The first-order chi connectivity index (χ1) is 31.2. The van der Waals surface area contributed by atoms with Gasteiger partial charge in [0.05, 0.1) is 11.0 Å². The van der Waals surface area contributed by atoms with Gasteiger partial charge in [-0.05, 0) is 106 Å². The maximum absolute atomic E-state index is 6.61. The van der Waals surface area contributed by atoms with E-state index in [1.54, 1.807) is 0 Å². The van der Waals surface area contributed by atoms with Crippen LogP contribution in [0.2, 0.25) is 0 Å². The molecular weight excluding hydrogens is 765 g/mol. The molecule has 0 bridgehead atoms. The van der Waals surface area contributed by atoms with Crippen molar-refractivity contribution in [2.45, 2.75) is 0 Å². The van der Waals surface area contributed by atoms with E-state index in [9.17, 15) is 0 Å². The quantitative estimate of drug-likeness (QED) is 0.153. The summed E-state index contributed by atoms with van der Waals surface area (Å²) in [6, 6.07) is 86.9. The van der Waals surface area contributed by atoms with Gasteiger partial charge in [-0.1, -0.05) is 176 Å². The van der Waals surface area contributed by atoms with Gasteiger partial charge in [0.15, 0.2) is 0 Å². The summed E-state index contributed by atoms with van der Waals surface area (Å²) in [5.74, 6) is 0. The highest BCUT2D eigenvalue weighted by Gasteiger charge is 2.18. The number of aromatic nitrogens is 1. The molecule has 0 radical (unpaired) electrons. The normalized spacial score (nSPS) is 11.5. The molecule has 296 valence electrons. The molecule has 0 fully saturated rings. The summed E-state index contributed by atoms with van der Waals surface area (Å²) in [7, 11) is 0. The van der Waals surface area contributed by atoms with E-state index < -0.39 is 0 Å². The van der Waals surface area contributed by atoms with Crippen LogP contribution in [0.15, 0.2) is 247 Å². The van der Waals surface area contributed by atoms with E-state index in [1.807, 2.05) is 6.07 Å². The summed E-state index contributed by atoms with van der Waals surface area (Å²) in [6.45, 7) is 0. The van der Waals surface area contributed by atoms with Crippen LogP contribution in [0.25, 0.3) is 93.9 Å². The molecule has 0 N–H and O–H groups in total. The zero-order valence-corrected chi connectivity index (χ0v) is 34.4. The van der Waals surface area contributed by atoms with Crippen molar-refractivity contribution in [3.8, 4) is 50.2 Å². The highest BCUT2D eigenvalue weighted by atomic mass is 16.3. The molecule has 3 nitrogen and oxygen atoms in total. The number of rotatable bonds is 8. The Labute approximate surface area is 366 Å². The van der Waals surface area contributed by atoms with Crippen molar-refractivity contribution in [2.24, 2.45) is 0 Å². The zero-order chi connectivity index (χ0) is 41.7. The second-order valence-electron chi connectivity index (χ2n) is 16.1. The second kappa shape index (κ2) is 15.3. The minimum atomic E-state index is 0.886. The molecule has 63 heavy (non-hydrogen) atoms. The molecule has 0 aliphatic rings. The maximum atomic E-state index is 6.61. The third-order valence-electron chi connectivity index (χ3n) is 12.4. The van der Waals surface area contributed by atoms with Crippen molar-refractivity contribution in [3.05, 3.63) is 243 Å². The lowest BCUT2D eigenvalue weighted by molar-refractivity contribution is 0.670. The first kappa shape index (κ1) is 36.5. The van der Waals surface area contributed by atoms with Crippen LogP contribution in [0.5, 0.6) is 0 Å². The van der Waals surface area contributed by atoms with E-state index in [4.69, 9.17) is 4.42 Å². The fourth-order valence-corrected chi connectivity index (χ4v) is 9.41. The third-order valence-corrected chi connectivity index (χ3v) is 12.4. The van der Waals surface area contributed by atoms with Gasteiger partial charge in [-0.15, -0.1) is 0 Å². The minimum absolute atomic E-state index is 0.886. The predicted octanol–water partition coefficient (Wildman–Crippen LogP) is 16.8. The molecule has 0 spiro atoms. The van der Waals surface area contributed by atoms with E-state index in [2.05, 4.69) is 246 Å². The molecule has 12 aromatic rings. The highest BCUT2D eigenvalue weighted by molar-refractivity contribution is 6.15. The monoisotopic (exact) mass is 804 g/mol. The number of para-hydroxylation sites is 3. The van der Waals surface area contributed by atoms with E-state index in [1.165, 1.54) is 38.5 Å². The Morgan fingerprint density at radius 3 is 1.29 bits per heavy atom. The Hall–Kier alpha value is -8.40. The Kier molecular flexibility index (Phi) is 8.83. The number of fused-ring (bicyclic) bond motifs is 6. The summed E-state index contributed by atoms with van der Waals surface area (Å²) in [5, 5.41) is 4.78. The molecule has 12 rings (SSSR count). The van der Waals surface area contributed by atoms with Gasteiger partial charge in [-0.3, -0.25) is 0 Å². The average molecular weight is 805 g/mol. The molecule has 0 aliphatic heterocycles. The molecule has 0 atom stereocenters. The lowest BCUT2D eigenvalue weighted by Gasteiger charge is -2.26. The van der Waals surface area contributed by atoms with Crippen molar-refractivity contribution in [1.29, 1.82) is 0 Å². The molecular formula is C60H40N2O. The van der Waals surface area contributed by atoms with Gasteiger partial charge in [0.2, 0.25) is 0 Å². The molecule has 2 aromatic heterocycles. The Balaban J connectivity index is 0.903. The highest BCUT2D eigenvalue weighted by Crippen LogP contribution is 2.43. The number of furan rings is 1. The Morgan fingerprint density at radius 1 is 0.302 bits per heavy atom. The van der Waals surface area contributed by atoms with Gasteiger partial charge >= 0.3 is 0 Å². The van der Waals surface area contributed by atoms with Crippen LogP contribution in [-0.2, 0) is 0 Å². The summed E-state index contributed by atoms with van der Waals surface area (Å²) in [5.41, 5.74) is 17.9. The first-order valence-corrected chi connectivity index (χ1v) is 21.5. The van der Waals surface area contributed by atoms with Crippen LogP contribution >= 0.6 is 0 Å². The van der Waals surface area contributed by atoms with E-state index in [-0.39, 0.29) is 0 Å². The molecule has 3 heteroatoms. The molecule has 0 amide bonds. The SMILES string of the molecule is c1ccc(-c2ccc(N(c3ccc(-c4ccc(-n5c6ccccc6c6ccccc65)cc4)cc3)c3ccc(-c4cccc5oc6c(-c7ccccc7)cccc6c45)cc3)cc2)cc1. The summed E-state index contributed by atoms with van der Waals surface area (Å²) < 4.78 is 8.97. The van der Waals surface area contributed by atoms with Gasteiger partial charge in [0.25, 0.3) is 0 Å². The van der Waals surface area contributed by atoms with Crippen molar-refractivity contribution >= 4 is 60.8 Å². The van der Waals surface area contributed by atoms with Crippen molar-refractivity contribution in [2.75, 3.05) is 4.90 Å². The van der Waals surface area contributed by atoms with Crippen LogP contribution in [0.4, 0.5) is 17.1 Å². The van der Waals surface area contributed by atoms with Crippen LogP contribution < -0.4 is 4.90 Å². The smallest absolute Gasteiger partial charge is 0.143 e. The minimum Gasteiger partial charge on any atom is -0.455 e. The van der Waals surface area contributed by atoms with Crippen LogP contribution in [0.1, 0.15) is 0 Å². The summed E-state index contributed by atoms with van der Waals surface area (Å²) in [6.07, 6.45) is 0. The average Bonchev–Trinajstić information content (AvgIpc) is 3.92. The van der Waals surface area contributed by atoms with E-state index in [0.29, 0.717) is 0 Å². The van der Waals surface area contributed by atoms with Gasteiger partial charge < -0.3 is 13.9 Å². The predicted molar refractivity (Wildman–Crippen MR) is 264 cm³/mol. The van der Waals surface area contributed by atoms with Crippen molar-refractivity contribution < 1.29 is 4.42 Å². The molecule has 10 aromatic carbocycles. The first-order valence-electron chi connectivity index (χ1n) is 21.5. The Bertz CT molecular complexity index is 3510. The topological polar surface area (TPSA) is 21.3 Å². The molecule has 2 heterocycles. The lowest BCUT2D eigenvalue weighted by Crippen LogP contribution is -2.09. The lowest BCUT2D eigenvalue weighted by atomic mass is 9.97. The summed E-state index contributed by atoms with van der Waals surface area (Å²) in [4.78, 5) is 2.34. The second-order valence-corrected chi connectivity index (χ2v) is 16.1. The fourth-order valence-electron chi connectivity index (χ4n) is 9.41. The third kappa shape index (κ3) is 6.38. The number of hydrogen-bond donors (Lipinski definition) is 0. The molecule has 0 unspecified atom stereocenters. The van der Waals surface area contributed by atoms with Gasteiger partial charge in [0.1, 0.15) is 11.2 Å².